The molecule has 0 bridgehead atoms. The van der Waals surface area contributed by atoms with Crippen LogP contribution in [0.5, 0.6) is 0 Å². The first-order valence-electron chi connectivity index (χ1n) is 24.7. The molecule has 2 aliphatic heterocycles. The molecule has 0 amide bonds. The number of fused-ring (bicyclic) bond motifs is 31. The largest absolute Gasteiger partial charge is 0.310 e. The summed E-state index contributed by atoms with van der Waals surface area (Å²) < 4.78 is 5.33. The van der Waals surface area contributed by atoms with E-state index in [4.69, 9.17) is 0 Å². The summed E-state index contributed by atoms with van der Waals surface area (Å²) in [4.78, 5) is 0. The third-order valence-electron chi connectivity index (χ3n) is 17.0. The van der Waals surface area contributed by atoms with Crippen molar-refractivity contribution in [2.45, 2.75) is 6.92 Å². The van der Waals surface area contributed by atoms with Crippen molar-refractivity contribution >= 4 is 164 Å². The summed E-state index contributed by atoms with van der Waals surface area (Å²) in [5, 5.41) is 28.9. The number of nitrogens with zero attached hydrogens (tertiary/aromatic N) is 2. The third-order valence-corrected chi connectivity index (χ3v) is 17.0. The van der Waals surface area contributed by atoms with Gasteiger partial charge < -0.3 is 9.13 Å². The molecule has 3 heteroatoms. The highest BCUT2D eigenvalue weighted by Crippen LogP contribution is 2.50. The summed E-state index contributed by atoms with van der Waals surface area (Å²) in [6.45, 7) is 2.21. The number of aromatic nitrogens is 2. The van der Waals surface area contributed by atoms with E-state index in [0.717, 1.165) is 0 Å². The van der Waals surface area contributed by atoms with Crippen LogP contribution in [0.25, 0.3) is 152 Å². The summed E-state index contributed by atoms with van der Waals surface area (Å²) in [7, 11) is 0. The molecule has 2 aromatic heterocycles. The van der Waals surface area contributed by atoms with Gasteiger partial charge in [-0.25, -0.2) is 0 Å². The SMILES string of the molecule is Cc1ccc2c(c1)c1c3c4ccccc4c4ccccc4c3cc3c1n2-c1cccc2c1B3c1cc3c4ccccc4c4ccccc4c3c3c4c5c6ccccc6c6ccccc6c5ccc4n-2c13. The van der Waals surface area contributed by atoms with Crippen molar-refractivity contribution in [1.29, 1.82) is 0 Å². The van der Waals surface area contributed by atoms with Gasteiger partial charge in [0.05, 0.1) is 22.1 Å². The van der Waals surface area contributed by atoms with Gasteiger partial charge in [-0.15, -0.1) is 0 Å². The zero-order valence-corrected chi connectivity index (χ0v) is 38.1. The van der Waals surface area contributed by atoms with Gasteiger partial charge in [-0.05, 0) is 134 Å². The summed E-state index contributed by atoms with van der Waals surface area (Å²) in [5.41, 5.74) is 13.1. The fraction of sp³-hybridized carbons (Fsp3) is 0.0149. The van der Waals surface area contributed by atoms with Crippen LogP contribution in [0, 0.1) is 6.92 Å². The van der Waals surface area contributed by atoms with E-state index >= 15 is 0 Å². The van der Waals surface area contributed by atoms with Crippen LogP contribution in [0.1, 0.15) is 5.56 Å². The minimum absolute atomic E-state index is 0.0426. The van der Waals surface area contributed by atoms with Gasteiger partial charge in [0, 0.05) is 49.1 Å². The predicted octanol–water partition coefficient (Wildman–Crippen LogP) is 15.7. The van der Waals surface area contributed by atoms with Crippen LogP contribution in [-0.4, -0.2) is 15.8 Å². The van der Waals surface area contributed by atoms with Gasteiger partial charge in [0.25, 0.3) is 6.71 Å². The molecule has 0 aliphatic carbocycles. The Morgan fingerprint density at radius 1 is 0.271 bits per heavy atom. The Labute approximate surface area is 400 Å². The molecule has 0 fully saturated rings. The molecule has 4 heterocycles. The highest BCUT2D eigenvalue weighted by Gasteiger charge is 2.42. The standard InChI is InChI=1S/C67H37BN2/c1-36-29-31-55-52(33-36)62-60-47-25-12-9-19-41(47)38-16-3-6-22-44(38)50(60)34-53-66(62)69(55)57-27-14-28-58-65(57)68(53)54-35-51-45-23-7-4-17-39(45)42-20-10-13-26-48(42)61(51)64-63-56(70(58)67(54)64)32-30-49-43-21-5-2-15-37(43)40-18-8-11-24-46(40)59(49)63/h2-35H,1H3. The Morgan fingerprint density at radius 3 is 1.14 bits per heavy atom. The Morgan fingerprint density at radius 2 is 0.643 bits per heavy atom. The van der Waals surface area contributed by atoms with Gasteiger partial charge in [-0.2, -0.15) is 0 Å². The average molecular weight is 881 g/mol. The molecule has 18 rings (SSSR count). The first-order chi connectivity index (χ1) is 34.7. The van der Waals surface area contributed by atoms with E-state index < -0.39 is 0 Å². The molecule has 2 nitrogen and oxygen atoms in total. The van der Waals surface area contributed by atoms with E-state index in [2.05, 4.69) is 222 Å². The fourth-order valence-electron chi connectivity index (χ4n) is 14.5. The minimum atomic E-state index is -0.0426. The number of hydrogen-bond donors (Lipinski definition) is 0. The normalized spacial score (nSPS) is 13.2. The van der Waals surface area contributed by atoms with Crippen molar-refractivity contribution in [1.82, 2.24) is 9.13 Å². The summed E-state index contributed by atoms with van der Waals surface area (Å²) in [6, 6.07) is 79.2. The van der Waals surface area contributed by atoms with Crippen molar-refractivity contribution in [3.05, 3.63) is 212 Å². The highest BCUT2D eigenvalue weighted by atomic mass is 15.0. The van der Waals surface area contributed by atoms with Crippen molar-refractivity contribution < 1.29 is 0 Å². The van der Waals surface area contributed by atoms with Gasteiger partial charge in [0.2, 0.25) is 0 Å². The lowest BCUT2D eigenvalue weighted by Gasteiger charge is -2.34. The molecule has 70 heavy (non-hydrogen) atoms. The van der Waals surface area contributed by atoms with E-state index in [-0.39, 0.29) is 6.71 Å². The molecule has 2 aliphatic rings. The maximum Gasteiger partial charge on any atom is 0.252 e. The second kappa shape index (κ2) is 12.4. The van der Waals surface area contributed by atoms with Gasteiger partial charge >= 0.3 is 0 Å². The molecule has 0 N–H and O–H groups in total. The molecule has 0 unspecified atom stereocenters. The summed E-state index contributed by atoms with van der Waals surface area (Å²) in [6.07, 6.45) is 0. The zero-order chi connectivity index (χ0) is 45.2. The third kappa shape index (κ3) is 4.08. The molecule has 14 aromatic carbocycles. The molecule has 318 valence electrons. The number of rotatable bonds is 0. The fourth-order valence-corrected chi connectivity index (χ4v) is 14.5. The predicted molar refractivity (Wildman–Crippen MR) is 302 cm³/mol. The van der Waals surface area contributed by atoms with Crippen molar-refractivity contribution in [3.63, 3.8) is 0 Å². The maximum atomic E-state index is 2.68. The topological polar surface area (TPSA) is 9.86 Å². The first kappa shape index (κ1) is 36.2. The van der Waals surface area contributed by atoms with Gasteiger partial charge in [-0.1, -0.05) is 181 Å². The lowest BCUT2D eigenvalue weighted by atomic mass is 9.34. The maximum absolute atomic E-state index is 2.68. The molecule has 16 aromatic rings. The van der Waals surface area contributed by atoms with E-state index in [1.54, 1.807) is 0 Å². The van der Waals surface area contributed by atoms with Crippen LogP contribution in [-0.2, 0) is 0 Å². The lowest BCUT2D eigenvalue weighted by molar-refractivity contribution is 1.14. The second-order valence-corrected chi connectivity index (χ2v) is 20.2. The van der Waals surface area contributed by atoms with Crippen LogP contribution in [0.15, 0.2) is 206 Å². The molecule has 0 spiro atoms. The van der Waals surface area contributed by atoms with Gasteiger partial charge in [0.1, 0.15) is 0 Å². The Balaban J connectivity index is 1.15. The first-order valence-corrected chi connectivity index (χ1v) is 24.7. The monoisotopic (exact) mass is 880 g/mol. The zero-order valence-electron chi connectivity index (χ0n) is 38.1. The van der Waals surface area contributed by atoms with E-state index in [1.807, 2.05) is 0 Å². The van der Waals surface area contributed by atoms with Crippen molar-refractivity contribution in [2.24, 2.45) is 0 Å². The average Bonchev–Trinajstić information content (AvgIpc) is 3.96. The summed E-state index contributed by atoms with van der Waals surface area (Å²) in [5.74, 6) is 0. The molecule has 0 radical (unpaired) electrons. The smallest absolute Gasteiger partial charge is 0.252 e. The number of benzene rings is 14. The van der Waals surface area contributed by atoms with E-state index in [9.17, 15) is 0 Å². The van der Waals surface area contributed by atoms with Crippen molar-refractivity contribution in [3.8, 4) is 11.4 Å². The molecule has 0 saturated carbocycles. The van der Waals surface area contributed by atoms with E-state index in [0.29, 0.717) is 0 Å². The molecular weight excluding hydrogens is 844 g/mol. The van der Waals surface area contributed by atoms with Crippen LogP contribution in [0.4, 0.5) is 0 Å². The minimum Gasteiger partial charge on any atom is -0.310 e. The Kier molecular flexibility index (Phi) is 6.40. The lowest BCUT2D eigenvalue weighted by Crippen LogP contribution is -2.59. The van der Waals surface area contributed by atoms with Crippen LogP contribution < -0.4 is 16.4 Å². The van der Waals surface area contributed by atoms with Gasteiger partial charge in [-0.3, -0.25) is 0 Å². The Bertz CT molecular complexity index is 5170. The second-order valence-electron chi connectivity index (χ2n) is 20.2. The molecular formula is C67H37BN2. The molecule has 0 saturated heterocycles. The number of hydrogen-bond acceptors (Lipinski definition) is 0. The quantitative estimate of drug-likeness (QED) is 0.106. The van der Waals surface area contributed by atoms with Gasteiger partial charge in [0.15, 0.2) is 0 Å². The van der Waals surface area contributed by atoms with Crippen LogP contribution in [0.2, 0.25) is 0 Å². The molecule has 0 atom stereocenters. The number of aryl methyl sites for hydroxylation is 1. The van der Waals surface area contributed by atoms with Crippen LogP contribution in [0.3, 0.4) is 0 Å². The van der Waals surface area contributed by atoms with Crippen molar-refractivity contribution in [2.75, 3.05) is 0 Å². The highest BCUT2D eigenvalue weighted by molar-refractivity contribution is 7.01. The summed E-state index contributed by atoms with van der Waals surface area (Å²) >= 11 is 0. The van der Waals surface area contributed by atoms with E-state index in [1.165, 1.54) is 174 Å². The van der Waals surface area contributed by atoms with Crippen LogP contribution >= 0.6 is 0 Å². The Hall–Kier alpha value is -8.92.